The zero-order valence-corrected chi connectivity index (χ0v) is 16.1. The fraction of sp³-hybridized carbons (Fsp3) is 0.200. The van der Waals surface area contributed by atoms with Gasteiger partial charge in [-0.3, -0.25) is 9.25 Å². The molecular weight excluding hydrogens is 370 g/mol. The number of fused-ring (bicyclic) bond motifs is 5. The highest BCUT2D eigenvalue weighted by molar-refractivity contribution is 5.59. The lowest BCUT2D eigenvalue weighted by Crippen LogP contribution is -2.03. The molecule has 144 valence electrons. The van der Waals surface area contributed by atoms with Crippen molar-refractivity contribution in [3.05, 3.63) is 59.6 Å². The number of imidazole rings is 1. The highest BCUT2D eigenvalue weighted by Crippen LogP contribution is 2.31. The fourth-order valence-electron chi connectivity index (χ4n) is 3.44. The molecule has 0 spiro atoms. The van der Waals surface area contributed by atoms with Crippen LogP contribution >= 0.6 is 0 Å². The molecule has 0 aliphatic carbocycles. The molecule has 0 saturated heterocycles. The third-order valence-electron chi connectivity index (χ3n) is 4.81. The Morgan fingerprint density at radius 2 is 2.00 bits per heavy atom. The smallest absolute Gasteiger partial charge is 0.248 e. The average molecular weight is 387 g/mol. The quantitative estimate of drug-likeness (QED) is 0.427. The van der Waals surface area contributed by atoms with Crippen LogP contribution in [0.1, 0.15) is 22.6 Å². The SMILES string of the molecule is COc1ccc2c(c1)-n1nncc1Cc1c(C#Cc3cn(C)nc3OC)ncn1-2. The number of rotatable bonds is 2. The molecule has 5 rings (SSSR count). The lowest BCUT2D eigenvalue weighted by atomic mass is 10.2. The Hall–Kier alpha value is -4.06. The van der Waals surface area contributed by atoms with E-state index >= 15 is 0 Å². The van der Waals surface area contributed by atoms with E-state index in [1.54, 1.807) is 31.4 Å². The molecule has 29 heavy (non-hydrogen) atoms. The molecule has 1 aliphatic rings. The normalized spacial score (nSPS) is 11.6. The van der Waals surface area contributed by atoms with Gasteiger partial charge >= 0.3 is 0 Å². The summed E-state index contributed by atoms with van der Waals surface area (Å²) in [5, 5.41) is 12.6. The van der Waals surface area contributed by atoms with E-state index in [1.807, 2.05) is 40.7 Å². The Balaban J connectivity index is 1.66. The second-order valence-corrected chi connectivity index (χ2v) is 6.55. The molecule has 4 aromatic rings. The first-order chi connectivity index (χ1) is 14.2. The van der Waals surface area contributed by atoms with Gasteiger partial charge in [-0.25, -0.2) is 9.67 Å². The van der Waals surface area contributed by atoms with Crippen LogP contribution in [0.5, 0.6) is 11.6 Å². The van der Waals surface area contributed by atoms with Crippen molar-refractivity contribution in [2.75, 3.05) is 14.2 Å². The van der Waals surface area contributed by atoms with Crippen LogP contribution in [0.15, 0.2) is 36.9 Å². The van der Waals surface area contributed by atoms with E-state index in [0.717, 1.165) is 28.5 Å². The Morgan fingerprint density at radius 3 is 2.83 bits per heavy atom. The molecule has 1 aromatic carbocycles. The second-order valence-electron chi connectivity index (χ2n) is 6.55. The first kappa shape index (κ1) is 17.1. The molecular formula is C20H17N7O2. The Labute approximate surface area is 166 Å². The minimum absolute atomic E-state index is 0.491. The molecule has 3 aromatic heterocycles. The average Bonchev–Trinajstić information content (AvgIpc) is 3.43. The number of nitrogens with zero attached hydrogens (tertiary/aromatic N) is 7. The van der Waals surface area contributed by atoms with E-state index in [9.17, 15) is 0 Å². The minimum Gasteiger partial charge on any atom is -0.497 e. The van der Waals surface area contributed by atoms with Gasteiger partial charge in [-0.1, -0.05) is 11.1 Å². The van der Waals surface area contributed by atoms with Crippen molar-refractivity contribution in [3.63, 3.8) is 0 Å². The summed E-state index contributed by atoms with van der Waals surface area (Å²) in [6.45, 7) is 0. The standard InChI is InChI=1S/C20H17N7O2/c1-25-11-13(20(23-25)29-3)4-6-16-18-8-14-10-22-24-27(14)19-9-15(28-2)5-7-17(19)26(18)12-21-16/h5,7,9-12H,8H2,1-3H3. The number of aryl methyl sites for hydroxylation is 1. The van der Waals surface area contributed by atoms with Crippen molar-refractivity contribution in [1.82, 2.24) is 34.3 Å². The third-order valence-corrected chi connectivity index (χ3v) is 4.81. The summed E-state index contributed by atoms with van der Waals surface area (Å²) in [5.41, 5.74) is 5.12. The van der Waals surface area contributed by atoms with Crippen molar-refractivity contribution in [1.29, 1.82) is 0 Å². The van der Waals surface area contributed by atoms with E-state index in [4.69, 9.17) is 9.47 Å². The Morgan fingerprint density at radius 1 is 1.10 bits per heavy atom. The number of aromatic nitrogens is 7. The zero-order valence-electron chi connectivity index (χ0n) is 16.1. The van der Waals surface area contributed by atoms with Crippen molar-refractivity contribution in [3.8, 4) is 34.8 Å². The molecule has 0 N–H and O–H groups in total. The third kappa shape index (κ3) is 2.73. The van der Waals surface area contributed by atoms with Gasteiger partial charge in [-0.15, -0.1) is 10.2 Å². The van der Waals surface area contributed by atoms with Gasteiger partial charge in [0.15, 0.2) is 0 Å². The first-order valence-electron chi connectivity index (χ1n) is 8.92. The van der Waals surface area contributed by atoms with Crippen molar-refractivity contribution in [2.45, 2.75) is 6.42 Å². The predicted molar refractivity (Wildman–Crippen MR) is 104 cm³/mol. The summed E-state index contributed by atoms with van der Waals surface area (Å²) in [7, 11) is 5.05. The van der Waals surface area contributed by atoms with Gasteiger partial charge < -0.3 is 9.47 Å². The molecule has 0 saturated carbocycles. The van der Waals surface area contributed by atoms with Crippen LogP contribution in [0.2, 0.25) is 0 Å². The maximum absolute atomic E-state index is 5.39. The van der Waals surface area contributed by atoms with Gasteiger partial charge in [0.1, 0.15) is 23.3 Å². The monoisotopic (exact) mass is 387 g/mol. The van der Waals surface area contributed by atoms with E-state index < -0.39 is 0 Å². The van der Waals surface area contributed by atoms with Crippen LogP contribution in [-0.4, -0.2) is 48.5 Å². The maximum Gasteiger partial charge on any atom is 0.248 e. The summed E-state index contributed by atoms with van der Waals surface area (Å²) in [6.07, 6.45) is 5.96. The molecule has 0 bridgehead atoms. The van der Waals surface area contributed by atoms with Crippen LogP contribution in [0.4, 0.5) is 0 Å². The lowest BCUT2D eigenvalue weighted by Gasteiger charge is -2.11. The predicted octanol–water partition coefficient (Wildman–Crippen LogP) is 1.51. The molecule has 0 atom stereocenters. The van der Waals surface area contributed by atoms with Gasteiger partial charge in [-0.05, 0) is 18.1 Å². The van der Waals surface area contributed by atoms with Crippen molar-refractivity contribution >= 4 is 0 Å². The first-order valence-corrected chi connectivity index (χ1v) is 8.92. The molecule has 9 heteroatoms. The summed E-state index contributed by atoms with van der Waals surface area (Å²) >= 11 is 0. The summed E-state index contributed by atoms with van der Waals surface area (Å²) in [4.78, 5) is 4.56. The number of hydrogen-bond acceptors (Lipinski definition) is 6. The molecule has 4 heterocycles. The molecule has 1 aliphatic heterocycles. The number of methoxy groups -OCH3 is 2. The van der Waals surface area contributed by atoms with E-state index in [2.05, 4.69) is 32.2 Å². The highest BCUT2D eigenvalue weighted by atomic mass is 16.5. The fourth-order valence-corrected chi connectivity index (χ4v) is 3.44. The van der Waals surface area contributed by atoms with Gasteiger partial charge in [-0.2, -0.15) is 0 Å². The van der Waals surface area contributed by atoms with E-state index in [0.29, 0.717) is 23.6 Å². The Bertz CT molecular complexity index is 1290. The van der Waals surface area contributed by atoms with Crippen molar-refractivity contribution in [2.24, 2.45) is 7.05 Å². The van der Waals surface area contributed by atoms with Crippen LogP contribution < -0.4 is 9.47 Å². The number of hydrogen-bond donors (Lipinski definition) is 0. The molecule has 0 fully saturated rings. The summed E-state index contributed by atoms with van der Waals surface area (Å²) in [5.74, 6) is 7.54. The van der Waals surface area contributed by atoms with Crippen LogP contribution in [0.3, 0.4) is 0 Å². The van der Waals surface area contributed by atoms with Crippen molar-refractivity contribution < 1.29 is 9.47 Å². The van der Waals surface area contributed by atoms with E-state index in [1.165, 1.54) is 0 Å². The summed E-state index contributed by atoms with van der Waals surface area (Å²) in [6, 6.07) is 5.84. The van der Waals surface area contributed by atoms with Gasteiger partial charge in [0.05, 0.1) is 43.2 Å². The number of benzene rings is 1. The van der Waals surface area contributed by atoms with Gasteiger partial charge in [0.2, 0.25) is 5.88 Å². The minimum atomic E-state index is 0.491. The summed E-state index contributed by atoms with van der Waals surface area (Å²) < 4.78 is 16.2. The van der Waals surface area contributed by atoms with Crippen LogP contribution in [0, 0.1) is 11.8 Å². The Kier molecular flexibility index (Phi) is 3.84. The van der Waals surface area contributed by atoms with Crippen LogP contribution in [-0.2, 0) is 13.5 Å². The topological polar surface area (TPSA) is 84.8 Å². The molecule has 9 nitrogen and oxygen atoms in total. The van der Waals surface area contributed by atoms with Gasteiger partial charge in [0.25, 0.3) is 0 Å². The van der Waals surface area contributed by atoms with Crippen LogP contribution in [0.25, 0.3) is 11.4 Å². The maximum atomic E-state index is 5.39. The van der Waals surface area contributed by atoms with E-state index in [-0.39, 0.29) is 0 Å². The molecule has 0 unspecified atom stereocenters. The zero-order chi connectivity index (χ0) is 20.0. The second kappa shape index (κ2) is 6.53. The molecule has 0 amide bonds. The number of ether oxygens (including phenoxy) is 2. The van der Waals surface area contributed by atoms with Gasteiger partial charge in [0, 0.05) is 25.7 Å². The largest absolute Gasteiger partial charge is 0.497 e. The molecule has 0 radical (unpaired) electrons. The lowest BCUT2D eigenvalue weighted by molar-refractivity contribution is 0.391. The highest BCUT2D eigenvalue weighted by Gasteiger charge is 2.23.